The van der Waals surface area contributed by atoms with Crippen molar-refractivity contribution in [3.63, 3.8) is 0 Å². The van der Waals surface area contributed by atoms with Crippen LogP contribution in [0.5, 0.6) is 17.2 Å². The van der Waals surface area contributed by atoms with Gasteiger partial charge in [0, 0.05) is 6.54 Å². The molecule has 8 heteroatoms. The third-order valence-electron chi connectivity index (χ3n) is 4.13. The Balaban J connectivity index is 1.48. The van der Waals surface area contributed by atoms with Crippen molar-refractivity contribution in [2.75, 3.05) is 25.3 Å². The fourth-order valence-electron chi connectivity index (χ4n) is 2.72. The number of hydrogen-bond acceptors (Lipinski definition) is 6. The summed E-state index contributed by atoms with van der Waals surface area (Å²) >= 11 is 0. The SMILES string of the molecule is CCOc1ccccc1NC(=O)C(=O)NCC[C@@H](O)c1ccc2c(c1)OCO2. The van der Waals surface area contributed by atoms with E-state index in [2.05, 4.69) is 10.6 Å². The number of ether oxygens (including phenoxy) is 3. The zero-order valence-corrected chi connectivity index (χ0v) is 15.4. The first-order chi connectivity index (χ1) is 13.6. The topological polar surface area (TPSA) is 106 Å². The largest absolute Gasteiger partial charge is 0.492 e. The highest BCUT2D eigenvalue weighted by Gasteiger charge is 2.18. The Bertz CT molecular complexity index is 854. The molecule has 28 heavy (non-hydrogen) atoms. The van der Waals surface area contributed by atoms with Crippen LogP contribution in [-0.2, 0) is 9.59 Å². The van der Waals surface area contributed by atoms with Gasteiger partial charge in [0.15, 0.2) is 11.5 Å². The van der Waals surface area contributed by atoms with Crippen molar-refractivity contribution in [3.05, 3.63) is 48.0 Å². The summed E-state index contributed by atoms with van der Waals surface area (Å²) in [6, 6.07) is 12.0. The molecule has 1 heterocycles. The fourth-order valence-corrected chi connectivity index (χ4v) is 2.72. The summed E-state index contributed by atoms with van der Waals surface area (Å²) in [5.41, 5.74) is 1.07. The predicted molar refractivity (Wildman–Crippen MR) is 101 cm³/mol. The molecule has 8 nitrogen and oxygen atoms in total. The summed E-state index contributed by atoms with van der Waals surface area (Å²) in [6.07, 6.45) is -0.565. The van der Waals surface area contributed by atoms with Crippen LogP contribution < -0.4 is 24.8 Å². The van der Waals surface area contributed by atoms with Crippen molar-refractivity contribution < 1.29 is 28.9 Å². The molecule has 0 saturated heterocycles. The molecule has 2 aromatic carbocycles. The number of para-hydroxylation sites is 2. The predicted octanol–water partition coefficient (Wildman–Crippen LogP) is 1.99. The van der Waals surface area contributed by atoms with Gasteiger partial charge in [-0.3, -0.25) is 9.59 Å². The number of anilines is 1. The molecule has 3 N–H and O–H groups in total. The van der Waals surface area contributed by atoms with Crippen LogP contribution in [0.2, 0.25) is 0 Å². The molecule has 2 aromatic rings. The van der Waals surface area contributed by atoms with Crippen molar-refractivity contribution in [1.82, 2.24) is 5.32 Å². The molecule has 1 atom stereocenters. The first-order valence-corrected chi connectivity index (χ1v) is 8.97. The number of fused-ring (bicyclic) bond motifs is 1. The average Bonchev–Trinajstić information content (AvgIpc) is 3.17. The molecular formula is C20H22N2O6. The quantitative estimate of drug-likeness (QED) is 0.629. The maximum atomic E-state index is 12.1. The van der Waals surface area contributed by atoms with Gasteiger partial charge in [0.1, 0.15) is 5.75 Å². The molecule has 0 aromatic heterocycles. The summed E-state index contributed by atoms with van der Waals surface area (Å²) in [5.74, 6) is 0.111. The van der Waals surface area contributed by atoms with Crippen molar-refractivity contribution >= 4 is 17.5 Å². The van der Waals surface area contributed by atoms with Gasteiger partial charge in [-0.2, -0.15) is 0 Å². The van der Waals surface area contributed by atoms with Gasteiger partial charge in [0.05, 0.1) is 18.4 Å². The number of nitrogens with one attached hydrogen (secondary N) is 2. The molecule has 3 rings (SSSR count). The van der Waals surface area contributed by atoms with Crippen LogP contribution in [-0.4, -0.2) is 36.9 Å². The minimum absolute atomic E-state index is 0.134. The standard InChI is InChI=1S/C20H22N2O6/c1-2-26-16-6-4-3-5-14(16)22-20(25)19(24)21-10-9-15(23)13-7-8-17-18(11-13)28-12-27-17/h3-8,11,15,23H,2,9-10,12H2,1H3,(H,21,24)(H,22,25)/t15-/m1/s1. The van der Waals surface area contributed by atoms with E-state index in [1.807, 2.05) is 6.92 Å². The van der Waals surface area contributed by atoms with Crippen LogP contribution in [0.3, 0.4) is 0 Å². The fraction of sp³-hybridized carbons (Fsp3) is 0.300. The van der Waals surface area contributed by atoms with E-state index >= 15 is 0 Å². The molecule has 1 aliphatic rings. The molecule has 0 fully saturated rings. The molecular weight excluding hydrogens is 364 g/mol. The van der Waals surface area contributed by atoms with Crippen LogP contribution in [0.25, 0.3) is 0 Å². The maximum absolute atomic E-state index is 12.1. The molecule has 0 spiro atoms. The summed E-state index contributed by atoms with van der Waals surface area (Å²) in [7, 11) is 0. The number of aliphatic hydroxyl groups excluding tert-OH is 1. The van der Waals surface area contributed by atoms with E-state index in [1.54, 1.807) is 42.5 Å². The minimum atomic E-state index is -0.809. The number of carbonyl (C=O) groups is 2. The first-order valence-electron chi connectivity index (χ1n) is 8.97. The van der Waals surface area contributed by atoms with E-state index in [-0.39, 0.29) is 19.8 Å². The Kier molecular flexibility index (Phi) is 6.33. The first kappa shape index (κ1) is 19.5. The third kappa shape index (κ3) is 4.72. The second-order valence-corrected chi connectivity index (χ2v) is 6.06. The van der Waals surface area contributed by atoms with Crippen LogP contribution >= 0.6 is 0 Å². The average molecular weight is 386 g/mol. The smallest absolute Gasteiger partial charge is 0.313 e. The van der Waals surface area contributed by atoms with Gasteiger partial charge >= 0.3 is 11.8 Å². The molecule has 1 aliphatic heterocycles. The third-order valence-corrected chi connectivity index (χ3v) is 4.13. The highest BCUT2D eigenvalue weighted by Crippen LogP contribution is 2.34. The van der Waals surface area contributed by atoms with Gasteiger partial charge in [-0.1, -0.05) is 18.2 Å². The van der Waals surface area contributed by atoms with Gasteiger partial charge in [0.25, 0.3) is 0 Å². The van der Waals surface area contributed by atoms with Gasteiger partial charge in [-0.25, -0.2) is 0 Å². The second kappa shape index (κ2) is 9.09. The van der Waals surface area contributed by atoms with Gasteiger partial charge in [-0.15, -0.1) is 0 Å². The van der Waals surface area contributed by atoms with Crippen LogP contribution in [0.1, 0.15) is 25.0 Å². The van der Waals surface area contributed by atoms with Gasteiger partial charge < -0.3 is 30.0 Å². The highest BCUT2D eigenvalue weighted by molar-refractivity contribution is 6.39. The lowest BCUT2D eigenvalue weighted by atomic mass is 10.1. The minimum Gasteiger partial charge on any atom is -0.492 e. The van der Waals surface area contributed by atoms with Crippen LogP contribution in [0, 0.1) is 0 Å². The molecule has 0 saturated carbocycles. The van der Waals surface area contributed by atoms with E-state index in [4.69, 9.17) is 14.2 Å². The summed E-state index contributed by atoms with van der Waals surface area (Å²) in [6.45, 7) is 2.56. The number of aliphatic hydroxyl groups is 1. The van der Waals surface area contributed by atoms with E-state index < -0.39 is 17.9 Å². The van der Waals surface area contributed by atoms with Crippen LogP contribution in [0.15, 0.2) is 42.5 Å². The molecule has 2 amide bonds. The van der Waals surface area contributed by atoms with Gasteiger partial charge in [0.2, 0.25) is 6.79 Å². The lowest BCUT2D eigenvalue weighted by Gasteiger charge is -2.13. The Hall–Kier alpha value is -3.26. The zero-order chi connectivity index (χ0) is 19.9. The lowest BCUT2D eigenvalue weighted by molar-refractivity contribution is -0.136. The Morgan fingerprint density at radius 1 is 1.14 bits per heavy atom. The van der Waals surface area contributed by atoms with Crippen molar-refractivity contribution in [2.24, 2.45) is 0 Å². The number of carbonyl (C=O) groups excluding carboxylic acids is 2. The van der Waals surface area contributed by atoms with E-state index in [0.717, 1.165) is 0 Å². The van der Waals surface area contributed by atoms with Crippen LogP contribution in [0.4, 0.5) is 5.69 Å². The number of rotatable bonds is 7. The molecule has 0 unspecified atom stereocenters. The van der Waals surface area contributed by atoms with Crippen molar-refractivity contribution in [1.29, 1.82) is 0 Å². The van der Waals surface area contributed by atoms with E-state index in [1.165, 1.54) is 0 Å². The highest BCUT2D eigenvalue weighted by atomic mass is 16.7. The maximum Gasteiger partial charge on any atom is 0.313 e. The monoisotopic (exact) mass is 386 g/mol. The van der Waals surface area contributed by atoms with E-state index in [0.29, 0.717) is 35.1 Å². The molecule has 148 valence electrons. The molecule has 0 bridgehead atoms. The lowest BCUT2D eigenvalue weighted by Crippen LogP contribution is -2.36. The Morgan fingerprint density at radius 2 is 1.93 bits per heavy atom. The molecule has 0 radical (unpaired) electrons. The van der Waals surface area contributed by atoms with Crippen molar-refractivity contribution in [2.45, 2.75) is 19.4 Å². The summed E-state index contributed by atoms with van der Waals surface area (Å²) in [4.78, 5) is 24.1. The molecule has 0 aliphatic carbocycles. The Labute approximate surface area is 162 Å². The Morgan fingerprint density at radius 3 is 2.75 bits per heavy atom. The van der Waals surface area contributed by atoms with E-state index in [9.17, 15) is 14.7 Å². The number of amides is 2. The summed E-state index contributed by atoms with van der Waals surface area (Å²) in [5, 5.41) is 15.3. The zero-order valence-electron chi connectivity index (χ0n) is 15.4. The van der Waals surface area contributed by atoms with Crippen molar-refractivity contribution in [3.8, 4) is 17.2 Å². The number of hydrogen-bond donors (Lipinski definition) is 3. The summed E-state index contributed by atoms with van der Waals surface area (Å²) < 4.78 is 15.9. The second-order valence-electron chi connectivity index (χ2n) is 6.06. The normalized spacial score (nSPS) is 12.9. The number of benzene rings is 2. The van der Waals surface area contributed by atoms with Gasteiger partial charge in [-0.05, 0) is 43.2 Å².